The zero-order valence-corrected chi connectivity index (χ0v) is 17.5. The number of hydrogen-bond acceptors (Lipinski definition) is 6. The molecule has 1 amide bonds. The van der Waals surface area contributed by atoms with E-state index < -0.39 is 15.7 Å². The summed E-state index contributed by atoms with van der Waals surface area (Å²) in [7, 11) is -3.25. The Bertz CT molecular complexity index is 1000. The molecule has 0 spiro atoms. The SMILES string of the molecule is CS(=O)(=O)C=CCNC(=O)c1cnc(C2CCCC2)nc1Oc1ccc(Cl)cc1. The normalized spacial score (nSPS) is 15.0. The van der Waals surface area contributed by atoms with Gasteiger partial charge >= 0.3 is 0 Å². The molecule has 0 atom stereocenters. The molecule has 9 heteroatoms. The summed E-state index contributed by atoms with van der Waals surface area (Å²) in [6, 6.07) is 6.75. The van der Waals surface area contributed by atoms with Gasteiger partial charge in [0.2, 0.25) is 5.88 Å². The van der Waals surface area contributed by atoms with Crippen LogP contribution in [0.3, 0.4) is 0 Å². The number of hydrogen-bond donors (Lipinski definition) is 1. The molecule has 0 bridgehead atoms. The molecule has 154 valence electrons. The molecule has 2 aromatic rings. The van der Waals surface area contributed by atoms with Crippen molar-refractivity contribution in [2.24, 2.45) is 0 Å². The number of halogens is 1. The number of carbonyl (C=O) groups excluding carboxylic acids is 1. The van der Waals surface area contributed by atoms with Gasteiger partial charge in [0.05, 0.1) is 0 Å². The molecule has 0 saturated heterocycles. The minimum atomic E-state index is -3.25. The largest absolute Gasteiger partial charge is 0.438 e. The number of nitrogens with zero attached hydrogens (tertiary/aromatic N) is 2. The molecular weight excluding hydrogens is 414 g/mol. The van der Waals surface area contributed by atoms with E-state index in [-0.39, 0.29) is 23.9 Å². The van der Waals surface area contributed by atoms with E-state index in [0.717, 1.165) is 37.3 Å². The first-order valence-corrected chi connectivity index (χ1v) is 11.6. The Labute approximate surface area is 175 Å². The lowest BCUT2D eigenvalue weighted by Crippen LogP contribution is -2.25. The third kappa shape index (κ3) is 6.27. The lowest BCUT2D eigenvalue weighted by atomic mass is 10.1. The van der Waals surface area contributed by atoms with Gasteiger partial charge < -0.3 is 10.1 Å². The predicted molar refractivity (Wildman–Crippen MR) is 111 cm³/mol. The van der Waals surface area contributed by atoms with E-state index in [1.165, 1.54) is 12.3 Å². The van der Waals surface area contributed by atoms with Crippen LogP contribution in [0.1, 0.15) is 47.8 Å². The van der Waals surface area contributed by atoms with Crippen molar-refractivity contribution >= 4 is 27.3 Å². The van der Waals surface area contributed by atoms with Crippen LogP contribution in [0.4, 0.5) is 0 Å². The van der Waals surface area contributed by atoms with E-state index in [4.69, 9.17) is 16.3 Å². The average molecular weight is 436 g/mol. The van der Waals surface area contributed by atoms with E-state index in [1.54, 1.807) is 24.3 Å². The molecule has 0 radical (unpaired) electrons. The van der Waals surface area contributed by atoms with Crippen molar-refractivity contribution in [1.29, 1.82) is 0 Å². The van der Waals surface area contributed by atoms with Crippen molar-refractivity contribution in [2.45, 2.75) is 31.6 Å². The summed E-state index contributed by atoms with van der Waals surface area (Å²) in [5.74, 6) is 1.13. The monoisotopic (exact) mass is 435 g/mol. The first-order valence-electron chi connectivity index (χ1n) is 9.27. The number of benzene rings is 1. The van der Waals surface area contributed by atoms with Crippen molar-refractivity contribution in [3.8, 4) is 11.6 Å². The minimum absolute atomic E-state index is 0.0522. The average Bonchev–Trinajstić information content (AvgIpc) is 3.21. The van der Waals surface area contributed by atoms with Crippen LogP contribution in [0.5, 0.6) is 11.6 Å². The highest BCUT2D eigenvalue weighted by molar-refractivity contribution is 7.93. The van der Waals surface area contributed by atoms with Gasteiger partial charge in [0, 0.05) is 35.3 Å². The fraction of sp³-hybridized carbons (Fsp3) is 0.350. The maximum Gasteiger partial charge on any atom is 0.258 e. The first-order chi connectivity index (χ1) is 13.8. The zero-order valence-electron chi connectivity index (χ0n) is 16.0. The Morgan fingerprint density at radius 2 is 1.97 bits per heavy atom. The van der Waals surface area contributed by atoms with Gasteiger partial charge in [-0.05, 0) is 37.1 Å². The molecule has 3 rings (SSSR count). The Morgan fingerprint density at radius 1 is 1.28 bits per heavy atom. The first kappa shape index (κ1) is 21.3. The van der Waals surface area contributed by atoms with Crippen LogP contribution in [-0.2, 0) is 9.84 Å². The highest BCUT2D eigenvalue weighted by Gasteiger charge is 2.23. The quantitative estimate of drug-likeness (QED) is 0.708. The van der Waals surface area contributed by atoms with E-state index in [1.807, 2.05) is 0 Å². The molecule has 1 aromatic heterocycles. The number of ether oxygens (including phenoxy) is 1. The number of aromatic nitrogens is 2. The van der Waals surface area contributed by atoms with E-state index in [0.29, 0.717) is 16.6 Å². The molecule has 1 aliphatic rings. The second-order valence-electron chi connectivity index (χ2n) is 6.90. The topological polar surface area (TPSA) is 98.2 Å². The lowest BCUT2D eigenvalue weighted by Gasteiger charge is -2.13. The summed E-state index contributed by atoms with van der Waals surface area (Å²) >= 11 is 5.92. The molecule has 1 fully saturated rings. The summed E-state index contributed by atoms with van der Waals surface area (Å²) in [4.78, 5) is 21.5. The highest BCUT2D eigenvalue weighted by atomic mass is 35.5. The molecule has 29 heavy (non-hydrogen) atoms. The van der Waals surface area contributed by atoms with Gasteiger partial charge in [0.1, 0.15) is 17.1 Å². The maximum atomic E-state index is 12.6. The third-order valence-electron chi connectivity index (χ3n) is 4.49. The smallest absolute Gasteiger partial charge is 0.258 e. The summed E-state index contributed by atoms with van der Waals surface area (Å²) < 4.78 is 28.1. The van der Waals surface area contributed by atoms with Crippen molar-refractivity contribution in [1.82, 2.24) is 15.3 Å². The van der Waals surface area contributed by atoms with Crippen LogP contribution in [0.2, 0.25) is 5.02 Å². The van der Waals surface area contributed by atoms with Crippen molar-refractivity contribution < 1.29 is 17.9 Å². The molecule has 0 aliphatic heterocycles. The van der Waals surface area contributed by atoms with Gasteiger partial charge in [-0.2, -0.15) is 4.98 Å². The van der Waals surface area contributed by atoms with Crippen molar-refractivity contribution in [3.05, 3.63) is 58.4 Å². The molecule has 7 nitrogen and oxygen atoms in total. The van der Waals surface area contributed by atoms with E-state index >= 15 is 0 Å². The zero-order chi connectivity index (χ0) is 20.9. The molecular formula is C20H22ClN3O4S. The van der Waals surface area contributed by atoms with Gasteiger partial charge in [-0.15, -0.1) is 0 Å². The van der Waals surface area contributed by atoms with Gasteiger partial charge in [-0.25, -0.2) is 13.4 Å². The summed E-state index contributed by atoms with van der Waals surface area (Å²) in [5.41, 5.74) is 0.175. The Kier molecular flexibility index (Phi) is 6.87. The molecule has 0 unspecified atom stereocenters. The highest BCUT2D eigenvalue weighted by Crippen LogP contribution is 2.34. The van der Waals surface area contributed by atoms with Gasteiger partial charge in [-0.3, -0.25) is 4.79 Å². The fourth-order valence-electron chi connectivity index (χ4n) is 3.08. The van der Waals surface area contributed by atoms with E-state index in [9.17, 15) is 13.2 Å². The molecule has 1 aliphatic carbocycles. The van der Waals surface area contributed by atoms with Crippen molar-refractivity contribution in [3.63, 3.8) is 0 Å². The van der Waals surface area contributed by atoms with Gasteiger partial charge in [0.25, 0.3) is 5.91 Å². The van der Waals surface area contributed by atoms with Crippen LogP contribution < -0.4 is 10.1 Å². The number of rotatable bonds is 7. The van der Waals surface area contributed by atoms with Crippen LogP contribution in [-0.4, -0.2) is 37.1 Å². The second-order valence-corrected chi connectivity index (χ2v) is 9.26. The number of carbonyl (C=O) groups is 1. The summed E-state index contributed by atoms with van der Waals surface area (Å²) in [6.45, 7) is 0.0522. The Morgan fingerprint density at radius 3 is 2.62 bits per heavy atom. The van der Waals surface area contributed by atoms with E-state index in [2.05, 4.69) is 15.3 Å². The van der Waals surface area contributed by atoms with Crippen molar-refractivity contribution in [2.75, 3.05) is 12.8 Å². The van der Waals surface area contributed by atoms with Crippen LogP contribution in [0.15, 0.2) is 41.9 Å². The number of nitrogens with one attached hydrogen (secondary N) is 1. The standard InChI is InChI=1S/C20H22ClN3O4S/c1-29(26,27)12-4-11-22-19(25)17-13-23-18(14-5-2-3-6-14)24-20(17)28-16-9-7-15(21)8-10-16/h4,7-10,12-14H,2-3,5-6,11H2,1H3,(H,22,25). The number of sulfone groups is 1. The second kappa shape index (κ2) is 9.37. The lowest BCUT2D eigenvalue weighted by molar-refractivity contribution is 0.0954. The maximum absolute atomic E-state index is 12.6. The molecule has 1 saturated carbocycles. The molecule has 1 aromatic carbocycles. The predicted octanol–water partition coefficient (Wildman–Crippen LogP) is 3.87. The van der Waals surface area contributed by atoms with Crippen LogP contribution >= 0.6 is 11.6 Å². The summed E-state index contributed by atoms with van der Waals surface area (Å²) in [6.07, 6.45) is 8.21. The molecule has 1 heterocycles. The molecule has 1 N–H and O–H groups in total. The summed E-state index contributed by atoms with van der Waals surface area (Å²) in [5, 5.41) is 4.24. The van der Waals surface area contributed by atoms with Crippen LogP contribution in [0, 0.1) is 0 Å². The Hall–Kier alpha value is -2.45. The number of amides is 1. The Balaban J connectivity index is 1.82. The van der Waals surface area contributed by atoms with Gasteiger partial charge in [0.15, 0.2) is 9.84 Å². The van der Waals surface area contributed by atoms with Gasteiger partial charge in [-0.1, -0.05) is 30.5 Å². The fourth-order valence-corrected chi connectivity index (χ4v) is 3.65. The minimum Gasteiger partial charge on any atom is -0.438 e. The van der Waals surface area contributed by atoms with Crippen LogP contribution in [0.25, 0.3) is 0 Å². The third-order valence-corrected chi connectivity index (χ3v) is 5.43.